The van der Waals surface area contributed by atoms with E-state index in [1.807, 2.05) is 0 Å². The quantitative estimate of drug-likeness (QED) is 0.684. The second kappa shape index (κ2) is 4.94. The Balaban J connectivity index is 2.49. The molecule has 0 heterocycles. The van der Waals surface area contributed by atoms with Crippen LogP contribution >= 0.6 is 0 Å². The second-order valence-corrected chi connectivity index (χ2v) is 4.80. The van der Waals surface area contributed by atoms with Gasteiger partial charge in [0.15, 0.2) is 0 Å². The number of hydrogen-bond acceptors (Lipinski definition) is 4. The van der Waals surface area contributed by atoms with Gasteiger partial charge in [0.05, 0.1) is 13.2 Å². The average Bonchev–Trinajstić information content (AvgIpc) is 2.15. The molecule has 15 heavy (non-hydrogen) atoms. The molecule has 0 aromatic rings. The maximum Gasteiger partial charge on any atom is 0.325 e. The molecule has 4 heteroatoms. The molecule has 0 spiro atoms. The van der Waals surface area contributed by atoms with Gasteiger partial charge in [0.25, 0.3) is 0 Å². The van der Waals surface area contributed by atoms with Gasteiger partial charge in [0.1, 0.15) is 5.54 Å². The van der Waals surface area contributed by atoms with Crippen LogP contribution in [0.3, 0.4) is 0 Å². The van der Waals surface area contributed by atoms with Crippen molar-refractivity contribution >= 4 is 5.97 Å². The molecular formula is C11H21NO3. The van der Waals surface area contributed by atoms with E-state index in [4.69, 9.17) is 5.73 Å². The SMILES string of the molecule is COC(=O)C(C)(N)CC1CCCC(O)C1. The van der Waals surface area contributed by atoms with Gasteiger partial charge in [-0.05, 0) is 32.1 Å². The van der Waals surface area contributed by atoms with Crippen molar-refractivity contribution in [1.29, 1.82) is 0 Å². The van der Waals surface area contributed by atoms with Gasteiger partial charge in [-0.15, -0.1) is 0 Å². The molecule has 1 saturated carbocycles. The number of carbonyl (C=O) groups is 1. The van der Waals surface area contributed by atoms with Crippen molar-refractivity contribution in [2.75, 3.05) is 7.11 Å². The van der Waals surface area contributed by atoms with Crippen molar-refractivity contribution in [2.45, 2.75) is 50.7 Å². The summed E-state index contributed by atoms with van der Waals surface area (Å²) in [6.07, 6.45) is 4.05. The fraction of sp³-hybridized carbons (Fsp3) is 0.909. The molecule has 88 valence electrons. The summed E-state index contributed by atoms with van der Waals surface area (Å²) >= 11 is 0. The van der Waals surface area contributed by atoms with Gasteiger partial charge in [-0.1, -0.05) is 12.8 Å². The van der Waals surface area contributed by atoms with Crippen molar-refractivity contribution in [3.8, 4) is 0 Å². The summed E-state index contributed by atoms with van der Waals surface area (Å²) in [6.45, 7) is 1.69. The van der Waals surface area contributed by atoms with Crippen LogP contribution in [-0.4, -0.2) is 29.8 Å². The maximum absolute atomic E-state index is 11.4. The molecule has 4 nitrogen and oxygen atoms in total. The van der Waals surface area contributed by atoms with E-state index >= 15 is 0 Å². The summed E-state index contributed by atoms with van der Waals surface area (Å²) in [7, 11) is 1.35. The van der Waals surface area contributed by atoms with Crippen LogP contribution in [0.2, 0.25) is 0 Å². The summed E-state index contributed by atoms with van der Waals surface area (Å²) < 4.78 is 4.66. The molecule has 0 aromatic carbocycles. The molecule has 3 unspecified atom stereocenters. The molecule has 0 amide bonds. The minimum absolute atomic E-state index is 0.225. The number of ether oxygens (including phenoxy) is 1. The number of rotatable bonds is 3. The molecule has 0 radical (unpaired) electrons. The Bertz CT molecular complexity index is 228. The van der Waals surface area contributed by atoms with Crippen LogP contribution < -0.4 is 5.73 Å². The van der Waals surface area contributed by atoms with E-state index in [2.05, 4.69) is 4.74 Å². The van der Waals surface area contributed by atoms with Gasteiger partial charge in [-0.2, -0.15) is 0 Å². The molecule has 0 bridgehead atoms. The normalized spacial score (nSPS) is 30.7. The Kier molecular flexibility index (Phi) is 4.11. The summed E-state index contributed by atoms with van der Waals surface area (Å²) in [6, 6.07) is 0. The lowest BCUT2D eigenvalue weighted by Crippen LogP contribution is -2.47. The van der Waals surface area contributed by atoms with Gasteiger partial charge >= 0.3 is 5.97 Å². The van der Waals surface area contributed by atoms with Crippen LogP contribution in [0.25, 0.3) is 0 Å². The molecular weight excluding hydrogens is 194 g/mol. The highest BCUT2D eigenvalue weighted by Crippen LogP contribution is 2.30. The second-order valence-electron chi connectivity index (χ2n) is 4.80. The zero-order valence-corrected chi connectivity index (χ0v) is 9.53. The molecule has 1 rings (SSSR count). The Morgan fingerprint density at radius 2 is 2.27 bits per heavy atom. The monoisotopic (exact) mass is 215 g/mol. The van der Waals surface area contributed by atoms with Crippen molar-refractivity contribution in [3.63, 3.8) is 0 Å². The molecule has 3 atom stereocenters. The predicted octanol–water partition coefficient (Wildman–Crippen LogP) is 0.818. The first kappa shape index (κ1) is 12.5. The zero-order chi connectivity index (χ0) is 11.5. The lowest BCUT2D eigenvalue weighted by atomic mass is 9.79. The fourth-order valence-corrected chi connectivity index (χ4v) is 2.36. The smallest absolute Gasteiger partial charge is 0.325 e. The van der Waals surface area contributed by atoms with Crippen LogP contribution in [0.4, 0.5) is 0 Å². The Hall–Kier alpha value is -0.610. The average molecular weight is 215 g/mol. The number of carbonyl (C=O) groups excluding carboxylic acids is 1. The first-order valence-electron chi connectivity index (χ1n) is 5.51. The van der Waals surface area contributed by atoms with Crippen molar-refractivity contribution in [3.05, 3.63) is 0 Å². The lowest BCUT2D eigenvalue weighted by Gasteiger charge is -2.31. The minimum atomic E-state index is -0.920. The van der Waals surface area contributed by atoms with Crippen molar-refractivity contribution < 1.29 is 14.6 Å². The molecule has 0 aromatic heterocycles. The van der Waals surface area contributed by atoms with Gasteiger partial charge < -0.3 is 15.6 Å². The summed E-state index contributed by atoms with van der Waals surface area (Å²) in [5.41, 5.74) is 4.97. The van der Waals surface area contributed by atoms with Gasteiger partial charge in [-0.3, -0.25) is 4.79 Å². The summed E-state index contributed by atoms with van der Waals surface area (Å²) in [4.78, 5) is 11.4. The molecule has 1 aliphatic rings. The Labute approximate surface area is 90.8 Å². The fourth-order valence-electron chi connectivity index (χ4n) is 2.36. The van der Waals surface area contributed by atoms with Gasteiger partial charge in [-0.25, -0.2) is 0 Å². The van der Waals surface area contributed by atoms with Crippen LogP contribution in [0.1, 0.15) is 39.0 Å². The highest BCUT2D eigenvalue weighted by atomic mass is 16.5. The minimum Gasteiger partial charge on any atom is -0.468 e. The number of nitrogens with two attached hydrogens (primary N) is 1. The standard InChI is InChI=1S/C11H21NO3/c1-11(12,10(14)15-2)7-8-4-3-5-9(13)6-8/h8-9,13H,3-7,12H2,1-2H3. The van der Waals surface area contributed by atoms with E-state index in [-0.39, 0.29) is 12.1 Å². The molecule has 3 N–H and O–H groups in total. The van der Waals surface area contributed by atoms with E-state index < -0.39 is 5.54 Å². The van der Waals surface area contributed by atoms with Crippen LogP contribution in [0.15, 0.2) is 0 Å². The maximum atomic E-state index is 11.4. The van der Waals surface area contributed by atoms with Crippen molar-refractivity contribution in [1.82, 2.24) is 0 Å². The number of methoxy groups -OCH3 is 1. The van der Waals surface area contributed by atoms with Crippen LogP contribution in [0, 0.1) is 5.92 Å². The van der Waals surface area contributed by atoms with E-state index in [0.29, 0.717) is 12.3 Å². The third kappa shape index (κ3) is 3.47. The highest BCUT2D eigenvalue weighted by molar-refractivity contribution is 5.79. The van der Waals surface area contributed by atoms with Crippen molar-refractivity contribution in [2.24, 2.45) is 11.7 Å². The van der Waals surface area contributed by atoms with E-state index in [1.165, 1.54) is 7.11 Å². The third-order valence-corrected chi connectivity index (χ3v) is 3.12. The Morgan fingerprint density at radius 3 is 2.80 bits per heavy atom. The van der Waals surface area contributed by atoms with Crippen LogP contribution in [-0.2, 0) is 9.53 Å². The number of hydrogen-bond donors (Lipinski definition) is 2. The molecule has 1 aliphatic carbocycles. The Morgan fingerprint density at radius 1 is 1.60 bits per heavy atom. The van der Waals surface area contributed by atoms with Gasteiger partial charge in [0, 0.05) is 0 Å². The number of esters is 1. The molecule has 0 saturated heterocycles. The summed E-state index contributed by atoms with van der Waals surface area (Å²) in [5.74, 6) is -0.0367. The van der Waals surface area contributed by atoms with E-state index in [9.17, 15) is 9.90 Å². The van der Waals surface area contributed by atoms with Gasteiger partial charge in [0.2, 0.25) is 0 Å². The molecule has 0 aliphatic heterocycles. The van der Waals surface area contributed by atoms with E-state index in [0.717, 1.165) is 25.7 Å². The number of aliphatic hydroxyl groups excluding tert-OH is 1. The first-order chi connectivity index (χ1) is 6.95. The van der Waals surface area contributed by atoms with Crippen LogP contribution in [0.5, 0.6) is 0 Å². The van der Waals surface area contributed by atoms with E-state index in [1.54, 1.807) is 6.92 Å². The number of aliphatic hydroxyl groups is 1. The third-order valence-electron chi connectivity index (χ3n) is 3.12. The summed E-state index contributed by atoms with van der Waals surface area (Å²) in [5, 5.41) is 9.52. The lowest BCUT2D eigenvalue weighted by molar-refractivity contribution is -0.147. The topological polar surface area (TPSA) is 72.5 Å². The first-order valence-corrected chi connectivity index (χ1v) is 5.51. The predicted molar refractivity (Wildman–Crippen MR) is 57.2 cm³/mol. The largest absolute Gasteiger partial charge is 0.468 e. The zero-order valence-electron chi connectivity index (χ0n) is 9.53. The molecule has 1 fully saturated rings. The highest BCUT2D eigenvalue weighted by Gasteiger charge is 2.34.